The van der Waals surface area contributed by atoms with Crippen molar-refractivity contribution in [3.8, 4) is 5.75 Å². The molecule has 2 heterocycles. The van der Waals surface area contributed by atoms with E-state index >= 15 is 0 Å². The first-order valence-electron chi connectivity index (χ1n) is 11.7. The first kappa shape index (κ1) is 25.1. The molecule has 0 radical (unpaired) electrons. The summed E-state index contributed by atoms with van der Waals surface area (Å²) < 4.78 is 13.3. The number of rotatable bonds is 10. The van der Waals surface area contributed by atoms with Crippen molar-refractivity contribution in [1.29, 1.82) is 0 Å². The second-order valence-electron chi connectivity index (χ2n) is 9.06. The minimum atomic E-state index is -0.460. The predicted octanol–water partition coefficient (Wildman–Crippen LogP) is 5.14. The lowest BCUT2D eigenvalue weighted by atomic mass is 10.0. The van der Waals surface area contributed by atoms with Crippen LogP contribution in [0.25, 0.3) is 0 Å². The maximum absolute atomic E-state index is 12.8. The minimum Gasteiger partial charge on any atom is -0.485 e. The lowest BCUT2D eigenvalue weighted by molar-refractivity contribution is 0.0944. The Labute approximate surface area is 200 Å². The Bertz CT molecular complexity index is 1140. The Hall–Kier alpha value is -3.55. The molecule has 2 amide bonds. The number of nitrogens with one attached hydrogen (secondary N) is 2. The largest absolute Gasteiger partial charge is 0.485 e. The van der Waals surface area contributed by atoms with Gasteiger partial charge in [-0.2, -0.15) is 5.10 Å². The molecule has 182 valence electrons. The average Bonchev–Trinajstić information content (AvgIpc) is 3.43. The zero-order valence-electron chi connectivity index (χ0n) is 20.8. The number of anilines is 1. The summed E-state index contributed by atoms with van der Waals surface area (Å²) in [5, 5.41) is 9.88. The zero-order valence-corrected chi connectivity index (χ0v) is 20.8. The van der Waals surface area contributed by atoms with Crippen LogP contribution in [0.2, 0.25) is 0 Å². The molecule has 0 bridgehead atoms. The zero-order chi connectivity index (χ0) is 24.8. The number of carbonyl (C=O) groups is 2. The fourth-order valence-electron chi connectivity index (χ4n) is 3.38. The minimum absolute atomic E-state index is 0.129. The Morgan fingerprint density at radius 1 is 1.12 bits per heavy atom. The molecule has 0 aliphatic rings. The summed E-state index contributed by atoms with van der Waals surface area (Å²) in [6.07, 6.45) is 1.64. The molecule has 3 rings (SSSR count). The van der Waals surface area contributed by atoms with Gasteiger partial charge in [0.25, 0.3) is 11.8 Å². The molecule has 3 aromatic rings. The molecule has 34 heavy (non-hydrogen) atoms. The molecule has 8 heteroatoms. The van der Waals surface area contributed by atoms with Crippen molar-refractivity contribution < 1.29 is 18.7 Å². The summed E-state index contributed by atoms with van der Waals surface area (Å²) in [6, 6.07) is 9.45. The van der Waals surface area contributed by atoms with E-state index in [-0.39, 0.29) is 24.0 Å². The van der Waals surface area contributed by atoms with Gasteiger partial charge in [-0.25, -0.2) is 0 Å². The van der Waals surface area contributed by atoms with Crippen LogP contribution in [0.5, 0.6) is 5.75 Å². The van der Waals surface area contributed by atoms with Gasteiger partial charge in [-0.15, -0.1) is 0 Å². The number of furan rings is 1. The van der Waals surface area contributed by atoms with Gasteiger partial charge < -0.3 is 19.8 Å². The van der Waals surface area contributed by atoms with Crippen LogP contribution in [-0.4, -0.2) is 28.1 Å². The van der Waals surface area contributed by atoms with Gasteiger partial charge in [0.1, 0.15) is 18.1 Å². The van der Waals surface area contributed by atoms with Gasteiger partial charge in [0.15, 0.2) is 11.5 Å². The number of hydrogen-bond donors (Lipinski definition) is 2. The summed E-state index contributed by atoms with van der Waals surface area (Å²) >= 11 is 0. The fourth-order valence-corrected chi connectivity index (χ4v) is 3.38. The third-order valence-electron chi connectivity index (χ3n) is 5.27. The van der Waals surface area contributed by atoms with Crippen LogP contribution in [0.4, 0.5) is 5.69 Å². The average molecular weight is 467 g/mol. The molecule has 8 nitrogen and oxygen atoms in total. The summed E-state index contributed by atoms with van der Waals surface area (Å²) in [5.74, 6) is 1.30. The molecular weight excluding hydrogens is 432 g/mol. The van der Waals surface area contributed by atoms with Crippen LogP contribution in [-0.2, 0) is 13.2 Å². The molecular formula is C26H34N4O4. The Balaban J connectivity index is 1.69. The van der Waals surface area contributed by atoms with Crippen molar-refractivity contribution in [2.45, 2.75) is 60.6 Å². The standard InChI is InChI=1S/C26H34N4O4/c1-7-30-14-21(24(29-30)26(32)27-13-16(2)3)28-25(31)22-11-9-19(34-22)15-33-23-12-18(6)8-10-20(23)17(4)5/h8-12,14,16-17H,7,13,15H2,1-6H3,(H,27,32)(H,28,31). The van der Waals surface area contributed by atoms with Crippen LogP contribution < -0.4 is 15.4 Å². The number of benzene rings is 1. The Kier molecular flexibility index (Phi) is 8.15. The van der Waals surface area contributed by atoms with Crippen molar-refractivity contribution in [3.63, 3.8) is 0 Å². The van der Waals surface area contributed by atoms with Gasteiger partial charge in [0.2, 0.25) is 0 Å². The molecule has 0 spiro atoms. The third kappa shape index (κ3) is 6.27. The lowest BCUT2D eigenvalue weighted by Gasteiger charge is -2.14. The van der Waals surface area contributed by atoms with Crippen molar-refractivity contribution in [3.05, 3.63) is 64.9 Å². The first-order valence-corrected chi connectivity index (χ1v) is 11.7. The van der Waals surface area contributed by atoms with Crippen molar-refractivity contribution >= 4 is 17.5 Å². The van der Waals surface area contributed by atoms with Crippen LogP contribution in [0, 0.1) is 12.8 Å². The van der Waals surface area contributed by atoms with Gasteiger partial charge in [0.05, 0.1) is 5.69 Å². The van der Waals surface area contributed by atoms with Crippen LogP contribution >= 0.6 is 0 Å². The third-order valence-corrected chi connectivity index (χ3v) is 5.27. The highest BCUT2D eigenvalue weighted by molar-refractivity contribution is 6.07. The Morgan fingerprint density at radius 2 is 1.88 bits per heavy atom. The number of aryl methyl sites for hydroxylation is 2. The van der Waals surface area contributed by atoms with Gasteiger partial charge in [0, 0.05) is 19.3 Å². The molecule has 1 aromatic carbocycles. The monoisotopic (exact) mass is 466 g/mol. The molecule has 0 saturated heterocycles. The van der Waals surface area contributed by atoms with E-state index in [0.29, 0.717) is 36.4 Å². The van der Waals surface area contributed by atoms with E-state index in [2.05, 4.69) is 41.7 Å². The fraction of sp³-hybridized carbons (Fsp3) is 0.423. The number of carbonyl (C=O) groups excluding carboxylic acids is 2. The molecule has 0 saturated carbocycles. The molecule has 0 aliphatic heterocycles. The molecule has 0 aliphatic carbocycles. The number of aromatic nitrogens is 2. The maximum atomic E-state index is 12.8. The number of ether oxygens (including phenoxy) is 1. The summed E-state index contributed by atoms with van der Waals surface area (Å²) in [7, 11) is 0. The van der Waals surface area contributed by atoms with Gasteiger partial charge in [-0.05, 0) is 55.0 Å². The summed E-state index contributed by atoms with van der Waals surface area (Å²) in [5.41, 5.74) is 2.74. The number of amides is 2. The van der Waals surface area contributed by atoms with Crippen molar-refractivity contribution in [2.24, 2.45) is 5.92 Å². The smallest absolute Gasteiger partial charge is 0.291 e. The second kappa shape index (κ2) is 11.0. The van der Waals surface area contributed by atoms with Crippen molar-refractivity contribution in [2.75, 3.05) is 11.9 Å². The van der Waals surface area contributed by atoms with E-state index in [1.807, 2.05) is 33.8 Å². The van der Waals surface area contributed by atoms with Crippen LogP contribution in [0.1, 0.15) is 78.5 Å². The normalized spacial score (nSPS) is 11.2. The number of nitrogens with zero attached hydrogens (tertiary/aromatic N) is 2. The highest BCUT2D eigenvalue weighted by Gasteiger charge is 2.21. The summed E-state index contributed by atoms with van der Waals surface area (Å²) in [4.78, 5) is 25.4. The van der Waals surface area contributed by atoms with E-state index in [0.717, 1.165) is 16.9 Å². The van der Waals surface area contributed by atoms with Gasteiger partial charge in [-0.1, -0.05) is 39.8 Å². The van der Waals surface area contributed by atoms with Crippen LogP contribution in [0.15, 0.2) is 40.9 Å². The second-order valence-corrected chi connectivity index (χ2v) is 9.06. The predicted molar refractivity (Wildman–Crippen MR) is 131 cm³/mol. The van der Waals surface area contributed by atoms with E-state index in [1.165, 1.54) is 0 Å². The van der Waals surface area contributed by atoms with E-state index in [1.54, 1.807) is 23.0 Å². The summed E-state index contributed by atoms with van der Waals surface area (Å²) in [6.45, 7) is 13.5. The maximum Gasteiger partial charge on any atom is 0.291 e. The van der Waals surface area contributed by atoms with Gasteiger partial charge >= 0.3 is 0 Å². The molecule has 2 aromatic heterocycles. The van der Waals surface area contributed by atoms with E-state index < -0.39 is 5.91 Å². The molecule has 0 fully saturated rings. The van der Waals surface area contributed by atoms with Crippen molar-refractivity contribution in [1.82, 2.24) is 15.1 Å². The first-order chi connectivity index (χ1) is 16.2. The highest BCUT2D eigenvalue weighted by Crippen LogP contribution is 2.28. The van der Waals surface area contributed by atoms with E-state index in [4.69, 9.17) is 9.15 Å². The Morgan fingerprint density at radius 3 is 2.56 bits per heavy atom. The highest BCUT2D eigenvalue weighted by atomic mass is 16.5. The molecule has 0 unspecified atom stereocenters. The van der Waals surface area contributed by atoms with E-state index in [9.17, 15) is 9.59 Å². The SMILES string of the molecule is CCn1cc(NC(=O)c2ccc(COc3cc(C)ccc3C(C)C)o2)c(C(=O)NCC(C)C)n1. The topological polar surface area (TPSA) is 98.4 Å². The molecule has 2 N–H and O–H groups in total. The van der Waals surface area contributed by atoms with Crippen LogP contribution in [0.3, 0.4) is 0 Å². The van der Waals surface area contributed by atoms with Gasteiger partial charge in [-0.3, -0.25) is 14.3 Å². The molecule has 0 atom stereocenters. The number of hydrogen-bond acceptors (Lipinski definition) is 5. The quantitative estimate of drug-likeness (QED) is 0.431. The lowest BCUT2D eigenvalue weighted by Crippen LogP contribution is -2.28.